The van der Waals surface area contributed by atoms with E-state index in [1.54, 1.807) is 12.1 Å². The highest BCUT2D eigenvalue weighted by atomic mass is 19.1. The molecule has 0 aliphatic carbocycles. The van der Waals surface area contributed by atoms with Crippen molar-refractivity contribution < 1.29 is 13.9 Å². The van der Waals surface area contributed by atoms with Gasteiger partial charge in [-0.05, 0) is 18.2 Å². The van der Waals surface area contributed by atoms with Crippen LogP contribution in [0.1, 0.15) is 0 Å². The number of amides is 1. The lowest BCUT2D eigenvalue weighted by Gasteiger charge is -2.32. The minimum absolute atomic E-state index is 0.00161. The molecule has 0 radical (unpaired) electrons. The lowest BCUT2D eigenvalue weighted by Crippen LogP contribution is -2.49. The Morgan fingerprint density at radius 1 is 1.56 bits per heavy atom. The molecule has 0 spiro atoms. The standard InChI is InChI=1S/C11H13FN2O2/c12-8-2-1-3-9(4-8)14-6-10(5-13)16-7-11(14)15/h1-4,10H,5-7,13H2. The summed E-state index contributed by atoms with van der Waals surface area (Å²) < 4.78 is 18.2. The third-order valence-corrected chi connectivity index (χ3v) is 2.51. The van der Waals surface area contributed by atoms with Gasteiger partial charge >= 0.3 is 0 Å². The number of hydrogen-bond acceptors (Lipinski definition) is 3. The second-order valence-electron chi connectivity index (χ2n) is 3.65. The van der Waals surface area contributed by atoms with E-state index in [-0.39, 0.29) is 24.4 Å². The molecule has 0 bridgehead atoms. The Morgan fingerprint density at radius 2 is 2.38 bits per heavy atom. The quantitative estimate of drug-likeness (QED) is 0.796. The third kappa shape index (κ3) is 2.20. The Kier molecular flexibility index (Phi) is 3.17. The molecule has 1 atom stereocenters. The molecule has 1 saturated heterocycles. The van der Waals surface area contributed by atoms with Crippen LogP contribution in [0.4, 0.5) is 10.1 Å². The number of rotatable bonds is 2. The molecule has 1 amide bonds. The number of carbonyl (C=O) groups is 1. The van der Waals surface area contributed by atoms with Crippen LogP contribution in [-0.4, -0.2) is 31.7 Å². The number of anilines is 1. The van der Waals surface area contributed by atoms with Gasteiger partial charge in [0.15, 0.2) is 0 Å². The van der Waals surface area contributed by atoms with Gasteiger partial charge in [0.25, 0.3) is 5.91 Å². The topological polar surface area (TPSA) is 55.6 Å². The summed E-state index contributed by atoms with van der Waals surface area (Å²) in [5, 5.41) is 0. The zero-order valence-corrected chi connectivity index (χ0v) is 8.73. The van der Waals surface area contributed by atoms with Gasteiger partial charge in [0.1, 0.15) is 12.4 Å². The number of ether oxygens (including phenoxy) is 1. The zero-order chi connectivity index (χ0) is 11.5. The molecule has 1 aromatic rings. The van der Waals surface area contributed by atoms with E-state index in [4.69, 9.17) is 10.5 Å². The number of carbonyl (C=O) groups excluding carboxylic acids is 1. The van der Waals surface area contributed by atoms with Crippen molar-refractivity contribution in [3.8, 4) is 0 Å². The molecular weight excluding hydrogens is 211 g/mol. The van der Waals surface area contributed by atoms with E-state index < -0.39 is 0 Å². The second-order valence-corrected chi connectivity index (χ2v) is 3.65. The fourth-order valence-corrected chi connectivity index (χ4v) is 1.66. The molecule has 1 aliphatic heterocycles. The Morgan fingerprint density at radius 3 is 3.06 bits per heavy atom. The van der Waals surface area contributed by atoms with Gasteiger partial charge in [-0.3, -0.25) is 4.79 Å². The normalized spacial score (nSPS) is 21.2. The van der Waals surface area contributed by atoms with Crippen molar-refractivity contribution in [2.45, 2.75) is 6.10 Å². The van der Waals surface area contributed by atoms with Crippen LogP contribution in [0.15, 0.2) is 24.3 Å². The smallest absolute Gasteiger partial charge is 0.253 e. The van der Waals surface area contributed by atoms with Crippen molar-refractivity contribution in [3.63, 3.8) is 0 Å². The van der Waals surface area contributed by atoms with E-state index in [9.17, 15) is 9.18 Å². The average molecular weight is 224 g/mol. The van der Waals surface area contributed by atoms with Crippen molar-refractivity contribution in [2.24, 2.45) is 5.73 Å². The van der Waals surface area contributed by atoms with E-state index in [1.807, 2.05) is 0 Å². The first-order chi connectivity index (χ1) is 7.70. The highest BCUT2D eigenvalue weighted by Gasteiger charge is 2.26. The van der Waals surface area contributed by atoms with Gasteiger partial charge in [0.2, 0.25) is 0 Å². The number of nitrogens with zero attached hydrogens (tertiary/aromatic N) is 1. The molecule has 1 aromatic carbocycles. The van der Waals surface area contributed by atoms with Crippen molar-refractivity contribution in [1.29, 1.82) is 0 Å². The zero-order valence-electron chi connectivity index (χ0n) is 8.73. The maximum Gasteiger partial charge on any atom is 0.253 e. The van der Waals surface area contributed by atoms with Crippen molar-refractivity contribution >= 4 is 11.6 Å². The molecule has 1 fully saturated rings. The van der Waals surface area contributed by atoms with Gasteiger partial charge in [0, 0.05) is 12.2 Å². The van der Waals surface area contributed by atoms with Gasteiger partial charge in [0.05, 0.1) is 12.6 Å². The number of halogens is 1. The molecule has 86 valence electrons. The molecular formula is C11H13FN2O2. The molecule has 4 nitrogen and oxygen atoms in total. The number of nitrogens with two attached hydrogens (primary N) is 1. The lowest BCUT2D eigenvalue weighted by molar-refractivity contribution is -0.128. The number of hydrogen-bond donors (Lipinski definition) is 1. The maximum atomic E-state index is 13.0. The predicted octanol–water partition coefficient (Wildman–Crippen LogP) is 0.516. The Balaban J connectivity index is 2.21. The number of morpholine rings is 1. The summed E-state index contributed by atoms with van der Waals surface area (Å²) in [6, 6.07) is 5.94. The highest BCUT2D eigenvalue weighted by Crippen LogP contribution is 2.19. The fourth-order valence-electron chi connectivity index (χ4n) is 1.66. The Labute approximate surface area is 92.8 Å². The molecule has 1 aliphatic rings. The van der Waals surface area contributed by atoms with Gasteiger partial charge in [-0.1, -0.05) is 6.07 Å². The summed E-state index contributed by atoms with van der Waals surface area (Å²) in [6.07, 6.45) is -0.180. The first kappa shape index (κ1) is 11.0. The van der Waals surface area contributed by atoms with Crippen LogP contribution >= 0.6 is 0 Å². The summed E-state index contributed by atoms with van der Waals surface area (Å²) in [5.41, 5.74) is 6.03. The molecule has 1 heterocycles. The molecule has 2 N–H and O–H groups in total. The Hall–Kier alpha value is -1.46. The number of benzene rings is 1. The second kappa shape index (κ2) is 4.59. The van der Waals surface area contributed by atoms with E-state index in [0.717, 1.165) is 0 Å². The first-order valence-electron chi connectivity index (χ1n) is 5.08. The SMILES string of the molecule is NCC1CN(c2cccc(F)c2)C(=O)CO1. The minimum Gasteiger partial charge on any atom is -0.365 e. The van der Waals surface area contributed by atoms with E-state index in [0.29, 0.717) is 18.8 Å². The van der Waals surface area contributed by atoms with Gasteiger partial charge in [-0.15, -0.1) is 0 Å². The van der Waals surface area contributed by atoms with Crippen LogP contribution in [0.25, 0.3) is 0 Å². The van der Waals surface area contributed by atoms with Crippen LogP contribution in [0.5, 0.6) is 0 Å². The van der Waals surface area contributed by atoms with Crippen molar-refractivity contribution in [2.75, 3.05) is 24.6 Å². The summed E-state index contributed by atoms with van der Waals surface area (Å²) in [4.78, 5) is 13.1. The summed E-state index contributed by atoms with van der Waals surface area (Å²) >= 11 is 0. The monoisotopic (exact) mass is 224 g/mol. The van der Waals surface area contributed by atoms with Gasteiger partial charge < -0.3 is 15.4 Å². The minimum atomic E-state index is -0.360. The molecule has 2 rings (SSSR count). The van der Waals surface area contributed by atoms with E-state index in [1.165, 1.54) is 17.0 Å². The molecule has 0 aromatic heterocycles. The van der Waals surface area contributed by atoms with Crippen molar-refractivity contribution in [1.82, 2.24) is 0 Å². The highest BCUT2D eigenvalue weighted by molar-refractivity contribution is 5.94. The van der Waals surface area contributed by atoms with E-state index in [2.05, 4.69) is 0 Å². The molecule has 0 saturated carbocycles. The molecule has 1 unspecified atom stereocenters. The van der Waals surface area contributed by atoms with Gasteiger partial charge in [-0.25, -0.2) is 4.39 Å². The summed E-state index contributed by atoms with van der Waals surface area (Å²) in [7, 11) is 0. The summed E-state index contributed by atoms with van der Waals surface area (Å²) in [6.45, 7) is 0.719. The Bertz CT molecular complexity index is 397. The van der Waals surface area contributed by atoms with Crippen molar-refractivity contribution in [3.05, 3.63) is 30.1 Å². The molecule has 16 heavy (non-hydrogen) atoms. The predicted molar refractivity (Wildman–Crippen MR) is 57.5 cm³/mol. The van der Waals surface area contributed by atoms with Gasteiger partial charge in [-0.2, -0.15) is 0 Å². The largest absolute Gasteiger partial charge is 0.365 e. The van der Waals surface area contributed by atoms with Crippen LogP contribution in [0, 0.1) is 5.82 Å². The third-order valence-electron chi connectivity index (χ3n) is 2.51. The van der Waals surface area contributed by atoms with Crippen LogP contribution < -0.4 is 10.6 Å². The van der Waals surface area contributed by atoms with Crippen LogP contribution in [-0.2, 0) is 9.53 Å². The van der Waals surface area contributed by atoms with Crippen LogP contribution in [0.2, 0.25) is 0 Å². The first-order valence-corrected chi connectivity index (χ1v) is 5.08. The molecule has 5 heteroatoms. The fraction of sp³-hybridized carbons (Fsp3) is 0.364. The maximum absolute atomic E-state index is 13.0. The average Bonchev–Trinajstić information content (AvgIpc) is 2.30. The van der Waals surface area contributed by atoms with E-state index >= 15 is 0 Å². The summed E-state index contributed by atoms with van der Waals surface area (Å²) in [5.74, 6) is -0.531. The van der Waals surface area contributed by atoms with Crippen LogP contribution in [0.3, 0.4) is 0 Å². The lowest BCUT2D eigenvalue weighted by atomic mass is 10.2.